The molecule has 0 bridgehead atoms. The van der Waals surface area contributed by atoms with Gasteiger partial charge in [-0.1, -0.05) is 184 Å². The van der Waals surface area contributed by atoms with Crippen LogP contribution in [0.15, 0.2) is 243 Å². The van der Waals surface area contributed by atoms with E-state index in [-0.39, 0.29) is 5.78 Å². The summed E-state index contributed by atoms with van der Waals surface area (Å²) in [6, 6.07) is 87.8. The predicted octanol–water partition coefficient (Wildman–Crippen LogP) is 17.2. The number of ketones is 1. The summed E-state index contributed by atoms with van der Waals surface area (Å²) < 4.78 is 2.50. The maximum atomic E-state index is 14.4. The Morgan fingerprint density at radius 3 is 1.75 bits per heavy atom. The third-order valence-electron chi connectivity index (χ3n) is 14.7. The van der Waals surface area contributed by atoms with E-state index in [1.54, 1.807) is 0 Å². The summed E-state index contributed by atoms with van der Waals surface area (Å²) in [5.74, 6) is 0.0723. The third-order valence-corrected chi connectivity index (χ3v) is 15.8. The minimum atomic E-state index is -0.722. The summed E-state index contributed by atoms with van der Waals surface area (Å²) in [4.78, 5) is 19.3. The molecular formula is C65H46N2OS. The van der Waals surface area contributed by atoms with Crippen LogP contribution in [0.25, 0.3) is 31.3 Å². The van der Waals surface area contributed by atoms with E-state index in [2.05, 4.69) is 254 Å². The smallest absolute Gasteiger partial charge is 0.193 e. The second-order valence-corrected chi connectivity index (χ2v) is 19.9. The quantitative estimate of drug-likeness (QED) is 0.159. The molecule has 2 aliphatic rings. The molecule has 11 aromatic rings. The maximum Gasteiger partial charge on any atom is 0.193 e. The van der Waals surface area contributed by atoms with E-state index in [4.69, 9.17) is 0 Å². The zero-order chi connectivity index (χ0) is 46.3. The van der Waals surface area contributed by atoms with Crippen LogP contribution in [0, 0.1) is 0 Å². The lowest BCUT2D eigenvalue weighted by atomic mass is 9.62. The molecule has 1 aliphatic carbocycles. The number of anilines is 6. The van der Waals surface area contributed by atoms with Crippen LogP contribution in [-0.4, -0.2) is 5.78 Å². The molecule has 0 amide bonds. The number of hydrogen-bond donors (Lipinski definition) is 0. The van der Waals surface area contributed by atoms with E-state index in [0.29, 0.717) is 0 Å². The minimum Gasteiger partial charge on any atom is -0.310 e. The second kappa shape index (κ2) is 15.9. The van der Waals surface area contributed by atoms with Crippen LogP contribution in [0.2, 0.25) is 0 Å². The number of benzene rings is 10. The number of hydrogen-bond acceptors (Lipinski definition) is 4. The Bertz CT molecular complexity index is 3740. The molecule has 1 aromatic heterocycles. The van der Waals surface area contributed by atoms with Gasteiger partial charge in [0.1, 0.15) is 0 Å². The van der Waals surface area contributed by atoms with E-state index < -0.39 is 10.8 Å². The van der Waals surface area contributed by atoms with E-state index in [1.807, 2.05) is 23.5 Å². The van der Waals surface area contributed by atoms with E-state index in [9.17, 15) is 4.79 Å². The molecule has 0 atom stereocenters. The molecule has 13 rings (SSSR count). The van der Waals surface area contributed by atoms with Crippen molar-refractivity contribution in [3.63, 3.8) is 0 Å². The normalized spacial score (nSPS) is 14.2. The summed E-state index contributed by atoms with van der Waals surface area (Å²) in [7, 11) is 0. The van der Waals surface area contributed by atoms with E-state index in [1.165, 1.54) is 48.0 Å². The number of para-hydroxylation sites is 1. The molecule has 0 saturated carbocycles. The highest BCUT2D eigenvalue weighted by Crippen LogP contribution is 2.60. The molecule has 0 fully saturated rings. The van der Waals surface area contributed by atoms with Gasteiger partial charge in [0.2, 0.25) is 0 Å². The Kier molecular flexibility index (Phi) is 9.43. The number of rotatable bonds is 7. The van der Waals surface area contributed by atoms with Gasteiger partial charge >= 0.3 is 0 Å². The van der Waals surface area contributed by atoms with Gasteiger partial charge in [0, 0.05) is 59.5 Å². The average molecular weight is 903 g/mol. The SMILES string of the molecule is CC1(C)c2ccccc2C(=O)c2ccc(N3c4cc(N(c5ccccc5)c5cccc(-c6ccccc6)c5)ccc4C(c4ccccc4)(c4ccccc4)c4cc5sc6ccccc6c5cc43)cc21. The third kappa shape index (κ3) is 6.29. The van der Waals surface area contributed by atoms with Crippen LogP contribution in [-0.2, 0) is 10.8 Å². The summed E-state index contributed by atoms with van der Waals surface area (Å²) in [6.45, 7) is 4.52. The molecule has 2 heterocycles. The van der Waals surface area contributed by atoms with Crippen molar-refractivity contribution in [1.29, 1.82) is 0 Å². The fraction of sp³-hybridized carbons (Fsp3) is 0.0615. The van der Waals surface area contributed by atoms with Crippen molar-refractivity contribution in [3.8, 4) is 11.1 Å². The van der Waals surface area contributed by atoms with Gasteiger partial charge in [0.25, 0.3) is 0 Å². The van der Waals surface area contributed by atoms with Gasteiger partial charge < -0.3 is 9.80 Å². The molecule has 4 heteroatoms. The van der Waals surface area contributed by atoms with Gasteiger partial charge in [0.15, 0.2) is 5.78 Å². The van der Waals surface area contributed by atoms with Crippen molar-refractivity contribution in [3.05, 3.63) is 287 Å². The lowest BCUT2D eigenvalue weighted by Gasteiger charge is -2.47. The van der Waals surface area contributed by atoms with Crippen molar-refractivity contribution >= 4 is 71.4 Å². The highest BCUT2D eigenvalue weighted by atomic mass is 32.1. The average Bonchev–Trinajstić information content (AvgIpc) is 3.78. The van der Waals surface area contributed by atoms with Crippen LogP contribution < -0.4 is 9.80 Å². The molecule has 0 unspecified atom stereocenters. The van der Waals surface area contributed by atoms with Gasteiger partial charge in [-0.3, -0.25) is 4.79 Å². The van der Waals surface area contributed by atoms with Crippen molar-refractivity contribution < 1.29 is 4.79 Å². The zero-order valence-corrected chi connectivity index (χ0v) is 39.1. The Hall–Kier alpha value is -8.31. The summed E-state index contributed by atoms with van der Waals surface area (Å²) in [5.41, 5.74) is 15.8. The van der Waals surface area contributed by atoms with Crippen molar-refractivity contribution in [1.82, 2.24) is 0 Å². The molecule has 0 spiro atoms. The first kappa shape index (κ1) is 40.9. The summed E-state index contributed by atoms with van der Waals surface area (Å²) in [5, 5.41) is 2.46. The minimum absolute atomic E-state index is 0.0723. The second-order valence-electron chi connectivity index (χ2n) is 18.8. The Morgan fingerprint density at radius 1 is 0.406 bits per heavy atom. The standard InChI is InChI=1S/C65H46N2OS/c1-64(2)55-32-17-15-31-52(55)63(68)53-36-34-49(39-57(53)64)67-59-40-50(66(47-27-13-6-14-28-47)48-29-19-22-44(38-48)43-20-7-3-8-21-43)35-37-56(59)65(45-23-9-4-10-24-45,46-25-11-5-12-26-46)58-42-62-54(41-60(58)67)51-30-16-18-33-61(51)69-62/h3-42H,1-2H3. The van der Waals surface area contributed by atoms with Gasteiger partial charge in [-0.15, -0.1) is 11.3 Å². The predicted molar refractivity (Wildman–Crippen MR) is 288 cm³/mol. The van der Waals surface area contributed by atoms with Crippen molar-refractivity contribution in [2.45, 2.75) is 24.7 Å². The topological polar surface area (TPSA) is 23.6 Å². The van der Waals surface area contributed by atoms with E-state index >= 15 is 0 Å². The number of carbonyl (C=O) groups excluding carboxylic acids is 1. The molecular weight excluding hydrogens is 857 g/mol. The first-order valence-electron chi connectivity index (χ1n) is 23.7. The van der Waals surface area contributed by atoms with Crippen molar-refractivity contribution in [2.75, 3.05) is 9.80 Å². The molecule has 0 radical (unpaired) electrons. The lowest BCUT2D eigenvalue weighted by Crippen LogP contribution is -2.38. The summed E-state index contributed by atoms with van der Waals surface area (Å²) in [6.07, 6.45) is 0. The van der Waals surface area contributed by atoms with Crippen LogP contribution in [0.5, 0.6) is 0 Å². The highest BCUT2D eigenvalue weighted by Gasteiger charge is 2.48. The molecule has 328 valence electrons. The largest absolute Gasteiger partial charge is 0.310 e. The van der Waals surface area contributed by atoms with Gasteiger partial charge in [0.05, 0.1) is 16.8 Å². The van der Waals surface area contributed by atoms with Gasteiger partial charge in [-0.2, -0.15) is 0 Å². The van der Waals surface area contributed by atoms with Gasteiger partial charge in [-0.05, 0) is 117 Å². The number of nitrogens with zero attached hydrogens (tertiary/aromatic N) is 2. The van der Waals surface area contributed by atoms with E-state index in [0.717, 1.165) is 61.9 Å². The molecule has 3 nitrogen and oxygen atoms in total. The fourth-order valence-corrected chi connectivity index (χ4v) is 12.6. The summed E-state index contributed by atoms with van der Waals surface area (Å²) >= 11 is 1.85. The monoisotopic (exact) mass is 902 g/mol. The Balaban J connectivity index is 1.14. The Morgan fingerprint density at radius 2 is 1.00 bits per heavy atom. The first-order valence-corrected chi connectivity index (χ1v) is 24.5. The molecule has 10 aromatic carbocycles. The molecule has 0 N–H and O–H groups in total. The van der Waals surface area contributed by atoms with Crippen molar-refractivity contribution in [2.24, 2.45) is 0 Å². The number of thiophene rings is 1. The molecule has 1 aliphatic heterocycles. The van der Waals surface area contributed by atoms with Crippen LogP contribution >= 0.6 is 11.3 Å². The van der Waals surface area contributed by atoms with Crippen LogP contribution in [0.3, 0.4) is 0 Å². The van der Waals surface area contributed by atoms with Crippen LogP contribution in [0.1, 0.15) is 63.1 Å². The van der Waals surface area contributed by atoms with Crippen LogP contribution in [0.4, 0.5) is 34.1 Å². The first-order chi connectivity index (χ1) is 33.9. The lowest BCUT2D eigenvalue weighted by molar-refractivity contribution is 0.103. The molecule has 0 saturated heterocycles. The number of carbonyl (C=O) groups is 1. The Labute approximate surface area is 406 Å². The zero-order valence-electron chi connectivity index (χ0n) is 38.3. The fourth-order valence-electron chi connectivity index (χ4n) is 11.5. The van der Waals surface area contributed by atoms with Gasteiger partial charge in [-0.25, -0.2) is 0 Å². The highest BCUT2D eigenvalue weighted by molar-refractivity contribution is 7.25. The maximum absolute atomic E-state index is 14.4. The molecule has 69 heavy (non-hydrogen) atoms. The number of fused-ring (bicyclic) bond motifs is 7.